The van der Waals surface area contributed by atoms with Gasteiger partial charge in [-0.15, -0.1) is 10.2 Å². The summed E-state index contributed by atoms with van der Waals surface area (Å²) in [6.07, 6.45) is -1.11. The van der Waals surface area contributed by atoms with Crippen LogP contribution < -0.4 is 10.2 Å². The van der Waals surface area contributed by atoms with Crippen molar-refractivity contribution in [2.75, 3.05) is 18.0 Å². The number of anilines is 1. The van der Waals surface area contributed by atoms with Gasteiger partial charge in [0.25, 0.3) is 0 Å². The maximum atomic E-state index is 14.5. The van der Waals surface area contributed by atoms with Crippen molar-refractivity contribution < 1.29 is 23.5 Å². The molecule has 0 aliphatic carbocycles. The van der Waals surface area contributed by atoms with Gasteiger partial charge < -0.3 is 10.1 Å². The number of Topliss-reactive ketones (excluding diaryl/α,β-unsaturated/α-hetero) is 1. The van der Waals surface area contributed by atoms with Crippen LogP contribution in [0.4, 0.5) is 14.9 Å². The van der Waals surface area contributed by atoms with Gasteiger partial charge in [-0.3, -0.25) is 14.5 Å². The lowest BCUT2D eigenvalue weighted by Crippen LogP contribution is -2.33. The van der Waals surface area contributed by atoms with Gasteiger partial charge in [0.05, 0.1) is 18.8 Å². The molecule has 0 saturated carbocycles. The largest absolute Gasteiger partial charge is 0.442 e. The number of aromatic nitrogens is 2. The molecule has 8 nitrogen and oxygen atoms in total. The van der Waals surface area contributed by atoms with Gasteiger partial charge in [-0.25, -0.2) is 9.18 Å². The van der Waals surface area contributed by atoms with E-state index in [1.807, 2.05) is 0 Å². The second kappa shape index (κ2) is 7.16. The Balaban J connectivity index is 1.77. The van der Waals surface area contributed by atoms with Crippen LogP contribution in [0.2, 0.25) is 0 Å². The average Bonchev–Trinajstić information content (AvgIpc) is 3.20. The molecule has 2 heterocycles. The molecule has 1 unspecified atom stereocenters. The lowest BCUT2D eigenvalue weighted by molar-refractivity contribution is -0.119. The predicted molar refractivity (Wildman–Crippen MR) is 91.6 cm³/mol. The Kier molecular flexibility index (Phi) is 4.94. The fourth-order valence-electron chi connectivity index (χ4n) is 2.42. The summed E-state index contributed by atoms with van der Waals surface area (Å²) in [5.41, 5.74) is 0.527. The maximum absolute atomic E-state index is 14.5. The number of nitrogens with zero attached hydrogens (tertiary/aromatic N) is 3. The molecular weight excluding hydrogens is 363 g/mol. The molecule has 1 aromatic heterocycles. The van der Waals surface area contributed by atoms with E-state index >= 15 is 0 Å². The number of carbonyl (C=O) groups is 3. The topological polar surface area (TPSA) is 101 Å². The van der Waals surface area contributed by atoms with Gasteiger partial charge >= 0.3 is 6.09 Å². The Bertz CT molecular complexity index is 885. The third-order valence-electron chi connectivity index (χ3n) is 3.67. The van der Waals surface area contributed by atoms with Crippen LogP contribution in [-0.2, 0) is 9.53 Å². The summed E-state index contributed by atoms with van der Waals surface area (Å²) in [5, 5.41) is 10.6. The maximum Gasteiger partial charge on any atom is 0.414 e. The van der Waals surface area contributed by atoms with Crippen molar-refractivity contribution in [3.05, 3.63) is 29.0 Å². The van der Waals surface area contributed by atoms with E-state index in [0.29, 0.717) is 5.69 Å². The van der Waals surface area contributed by atoms with Gasteiger partial charge in [0.2, 0.25) is 5.91 Å². The molecule has 26 heavy (non-hydrogen) atoms. The Morgan fingerprint density at radius 2 is 2.15 bits per heavy atom. The number of hydrogen-bond donors (Lipinski definition) is 1. The number of carbonyl (C=O) groups excluding carboxylic acids is 3. The highest BCUT2D eigenvalue weighted by molar-refractivity contribution is 7.16. The molecule has 1 fully saturated rings. The summed E-state index contributed by atoms with van der Waals surface area (Å²) < 4.78 is 19.7. The molecule has 2 aromatic rings. The van der Waals surface area contributed by atoms with E-state index < -0.39 is 18.0 Å². The van der Waals surface area contributed by atoms with E-state index in [1.54, 1.807) is 6.07 Å². The lowest BCUT2D eigenvalue weighted by atomic mass is 10.2. The zero-order chi connectivity index (χ0) is 18.8. The Morgan fingerprint density at radius 1 is 1.38 bits per heavy atom. The molecule has 1 atom stereocenters. The number of hydrogen-bond acceptors (Lipinski definition) is 7. The van der Waals surface area contributed by atoms with Gasteiger partial charge in [-0.2, -0.15) is 0 Å². The van der Waals surface area contributed by atoms with Crippen LogP contribution in [-0.4, -0.2) is 47.2 Å². The van der Waals surface area contributed by atoms with E-state index in [4.69, 9.17) is 4.74 Å². The first-order valence-electron chi connectivity index (χ1n) is 7.72. The van der Waals surface area contributed by atoms with E-state index in [9.17, 15) is 18.8 Å². The number of benzene rings is 1. The Labute approximate surface area is 152 Å². The average molecular weight is 378 g/mol. The highest BCUT2D eigenvalue weighted by atomic mass is 32.1. The summed E-state index contributed by atoms with van der Waals surface area (Å²) in [4.78, 5) is 35.5. The summed E-state index contributed by atoms with van der Waals surface area (Å²) in [5.74, 6) is -1.06. The Morgan fingerprint density at radius 3 is 2.77 bits per heavy atom. The van der Waals surface area contributed by atoms with Crippen LogP contribution in [0.5, 0.6) is 0 Å². The second-order valence-electron chi connectivity index (χ2n) is 5.69. The summed E-state index contributed by atoms with van der Waals surface area (Å²) in [6.45, 7) is 3.12. The number of rotatable bonds is 5. The number of ether oxygens (including phenoxy) is 1. The standard InChI is InChI=1S/C16H15FN4O4S/c1-8(22)14-19-20-15(26-14)12-4-3-10(5-13(12)17)21-7-11(25-16(21)24)6-18-9(2)23/h3-5,11H,6-7H2,1-2H3,(H,18,23). The lowest BCUT2D eigenvalue weighted by Gasteiger charge is -2.14. The minimum Gasteiger partial charge on any atom is -0.442 e. The minimum absolute atomic E-state index is 0.191. The third kappa shape index (κ3) is 3.69. The molecule has 1 aromatic carbocycles. The minimum atomic E-state index is -0.609. The van der Waals surface area contributed by atoms with Gasteiger partial charge in [-0.05, 0) is 18.2 Å². The van der Waals surface area contributed by atoms with Crippen molar-refractivity contribution in [3.63, 3.8) is 0 Å². The first-order chi connectivity index (χ1) is 12.3. The molecule has 1 saturated heterocycles. The highest BCUT2D eigenvalue weighted by Crippen LogP contribution is 2.30. The van der Waals surface area contributed by atoms with Gasteiger partial charge in [0.15, 0.2) is 15.8 Å². The van der Waals surface area contributed by atoms with Crippen LogP contribution in [0.25, 0.3) is 10.6 Å². The van der Waals surface area contributed by atoms with E-state index in [1.165, 1.54) is 30.9 Å². The quantitative estimate of drug-likeness (QED) is 0.799. The third-order valence-corrected chi connectivity index (χ3v) is 4.73. The number of halogens is 1. The van der Waals surface area contributed by atoms with Crippen LogP contribution in [0, 0.1) is 5.82 Å². The summed E-state index contributed by atoms with van der Waals surface area (Å²) in [6, 6.07) is 4.24. The molecule has 0 bridgehead atoms. The zero-order valence-electron chi connectivity index (χ0n) is 14.0. The first kappa shape index (κ1) is 17.9. The molecular formula is C16H15FN4O4S. The molecule has 136 valence electrons. The van der Waals surface area contributed by atoms with Crippen LogP contribution in [0.1, 0.15) is 23.6 Å². The van der Waals surface area contributed by atoms with E-state index in [0.717, 1.165) is 11.3 Å². The molecule has 1 aliphatic heterocycles. The van der Waals surface area contributed by atoms with Crippen molar-refractivity contribution in [3.8, 4) is 10.6 Å². The van der Waals surface area contributed by atoms with Crippen molar-refractivity contribution in [1.29, 1.82) is 0 Å². The van der Waals surface area contributed by atoms with Crippen molar-refractivity contribution in [1.82, 2.24) is 15.5 Å². The van der Waals surface area contributed by atoms with Crippen LogP contribution in [0.15, 0.2) is 18.2 Å². The summed E-state index contributed by atoms with van der Waals surface area (Å²) in [7, 11) is 0. The predicted octanol–water partition coefficient (Wildman–Crippen LogP) is 2.01. The molecule has 3 rings (SSSR count). The molecule has 0 spiro atoms. The summed E-state index contributed by atoms with van der Waals surface area (Å²) >= 11 is 0.999. The first-order valence-corrected chi connectivity index (χ1v) is 8.53. The molecule has 1 N–H and O–H groups in total. The molecule has 2 amide bonds. The van der Waals surface area contributed by atoms with Crippen molar-refractivity contribution in [2.24, 2.45) is 0 Å². The van der Waals surface area contributed by atoms with Crippen LogP contribution >= 0.6 is 11.3 Å². The second-order valence-corrected chi connectivity index (χ2v) is 6.66. The number of nitrogens with one attached hydrogen (secondary N) is 1. The van der Waals surface area contributed by atoms with E-state index in [-0.39, 0.29) is 40.4 Å². The fraction of sp³-hybridized carbons (Fsp3) is 0.312. The number of cyclic esters (lactones) is 1. The Hall–Kier alpha value is -2.88. The van der Waals surface area contributed by atoms with Crippen molar-refractivity contribution in [2.45, 2.75) is 20.0 Å². The monoisotopic (exact) mass is 378 g/mol. The van der Waals surface area contributed by atoms with Crippen molar-refractivity contribution >= 4 is 34.8 Å². The molecule has 1 aliphatic rings. The highest BCUT2D eigenvalue weighted by Gasteiger charge is 2.32. The molecule has 0 radical (unpaired) electrons. The SMILES string of the molecule is CC(=O)NCC1CN(c2ccc(-c3nnc(C(C)=O)s3)c(F)c2)C(=O)O1. The van der Waals surface area contributed by atoms with E-state index in [2.05, 4.69) is 15.5 Å². The normalized spacial score (nSPS) is 16.5. The van der Waals surface area contributed by atoms with Gasteiger partial charge in [0.1, 0.15) is 11.9 Å². The zero-order valence-corrected chi connectivity index (χ0v) is 14.8. The van der Waals surface area contributed by atoms with Gasteiger partial charge in [0, 0.05) is 19.4 Å². The van der Waals surface area contributed by atoms with Crippen LogP contribution in [0.3, 0.4) is 0 Å². The fourth-order valence-corrected chi connectivity index (χ4v) is 3.18. The number of ketones is 1. The smallest absolute Gasteiger partial charge is 0.414 e. The van der Waals surface area contributed by atoms with Gasteiger partial charge in [-0.1, -0.05) is 11.3 Å². The number of amides is 2. The molecule has 10 heteroatoms.